The zero-order valence-electron chi connectivity index (χ0n) is 56.1. The van der Waals surface area contributed by atoms with Gasteiger partial charge in [-0.1, -0.05) is 189 Å². The van der Waals surface area contributed by atoms with Gasteiger partial charge >= 0.3 is 6.03 Å². The first-order valence-corrected chi connectivity index (χ1v) is 30.7. The molecule has 11 rings (SSSR count). The predicted molar refractivity (Wildman–Crippen MR) is 372 cm³/mol. The average molecular weight is 1330 g/mol. The van der Waals surface area contributed by atoms with E-state index in [0.717, 1.165) is 56.2 Å². The van der Waals surface area contributed by atoms with Crippen LogP contribution >= 0.6 is 11.6 Å². The average Bonchev–Trinajstić information content (AvgIpc) is 1.69. The van der Waals surface area contributed by atoms with E-state index < -0.39 is 0 Å². The Morgan fingerprint density at radius 3 is 1.42 bits per heavy atom. The molecule has 0 unspecified atom stereocenters. The third-order valence-corrected chi connectivity index (χ3v) is 13.2. The number of carbonyl (C=O) groups is 5. The maximum Gasteiger partial charge on any atom is 0.342 e. The van der Waals surface area contributed by atoms with Crippen LogP contribution in [0.4, 0.5) is 4.79 Å². The van der Waals surface area contributed by atoms with Crippen LogP contribution in [-0.4, -0.2) is 117 Å². The van der Waals surface area contributed by atoms with Crippen molar-refractivity contribution < 1.29 is 52.1 Å². The number of aliphatic imine (C=N–C) groups is 1. The summed E-state index contributed by atoms with van der Waals surface area (Å²) in [6.07, 6.45) is 8.11. The molecule has 0 spiro atoms. The van der Waals surface area contributed by atoms with Gasteiger partial charge in [0.2, 0.25) is 6.08 Å². The van der Waals surface area contributed by atoms with Gasteiger partial charge in [-0.3, -0.25) is 24.3 Å². The van der Waals surface area contributed by atoms with Crippen LogP contribution in [0.1, 0.15) is 104 Å². The van der Waals surface area contributed by atoms with Gasteiger partial charge in [-0.2, -0.15) is 14.9 Å². The van der Waals surface area contributed by atoms with E-state index in [9.17, 15) is 28.8 Å². The van der Waals surface area contributed by atoms with Crippen molar-refractivity contribution in [2.45, 2.75) is 94.7 Å². The zero-order chi connectivity index (χ0) is 71.0. The highest BCUT2D eigenvalue weighted by atomic mass is 35.5. The Morgan fingerprint density at radius 1 is 0.608 bits per heavy atom. The summed E-state index contributed by atoms with van der Waals surface area (Å²) in [6, 6.07) is 51.4. The topological polar surface area (TPSA) is 313 Å². The van der Waals surface area contributed by atoms with Crippen LogP contribution < -0.4 is 5.32 Å². The minimum absolute atomic E-state index is 0.0207. The number of H-pyrrole nitrogens is 1. The van der Waals surface area contributed by atoms with Gasteiger partial charge in [0.15, 0.2) is 16.7 Å². The molecule has 0 aliphatic rings. The number of Topliss-reactive ketones (excluding diaryl/α,β-unsaturated/α-hetero) is 3. The fourth-order valence-corrected chi connectivity index (χ4v) is 8.78. The van der Waals surface area contributed by atoms with Crippen molar-refractivity contribution in [2.24, 2.45) is 10.1 Å². The number of aryl methyl sites for hydroxylation is 4. The van der Waals surface area contributed by atoms with Crippen molar-refractivity contribution in [2.75, 3.05) is 14.1 Å². The van der Waals surface area contributed by atoms with E-state index >= 15 is 0 Å². The number of nitrogens with one attached hydrogen (secondary N) is 2. The molecule has 1 amide bonds. The molecule has 24 heteroatoms. The van der Waals surface area contributed by atoms with Crippen molar-refractivity contribution in [3.63, 3.8) is 0 Å². The van der Waals surface area contributed by atoms with E-state index in [4.69, 9.17) is 34.9 Å². The molecule has 0 saturated heterocycles. The summed E-state index contributed by atoms with van der Waals surface area (Å²) in [7, 11) is 3.73. The monoisotopic (exact) mass is 1330 g/mol. The Labute approximate surface area is 566 Å². The van der Waals surface area contributed by atoms with Gasteiger partial charge < -0.3 is 33.5 Å². The smallest absolute Gasteiger partial charge is 0.342 e. The Bertz CT molecular complexity index is 4350. The van der Waals surface area contributed by atoms with E-state index in [1.165, 1.54) is 37.6 Å². The summed E-state index contributed by atoms with van der Waals surface area (Å²) in [5, 5.41) is 41.4. The third-order valence-electron chi connectivity index (χ3n) is 12.9. The second kappa shape index (κ2) is 39.0. The molecule has 0 radical (unpaired) electrons. The number of nitrogens with zero attached hydrogens (tertiary/aromatic N) is 10. The lowest BCUT2D eigenvalue weighted by Crippen LogP contribution is -2.34. The highest BCUT2D eigenvalue weighted by molar-refractivity contribution is 6.69. The molecule has 23 nitrogen and oxygen atoms in total. The second-order valence-corrected chi connectivity index (χ2v) is 22.2. The van der Waals surface area contributed by atoms with Gasteiger partial charge in [-0.05, 0) is 88.3 Å². The van der Waals surface area contributed by atoms with Crippen molar-refractivity contribution in [1.29, 1.82) is 0 Å². The molecule has 0 fully saturated rings. The molecule has 11 aromatic rings. The lowest BCUT2D eigenvalue weighted by molar-refractivity contribution is -0.124. The summed E-state index contributed by atoms with van der Waals surface area (Å²) in [5.41, 5.74) is 11.7. The van der Waals surface area contributed by atoms with Crippen LogP contribution in [0.3, 0.4) is 0 Å². The molecule has 97 heavy (non-hydrogen) atoms. The first-order valence-electron chi connectivity index (χ1n) is 30.3. The number of amides is 1. The van der Waals surface area contributed by atoms with Gasteiger partial charge in [0.1, 0.15) is 57.4 Å². The summed E-state index contributed by atoms with van der Waals surface area (Å²) in [6.45, 7) is 19.0. The van der Waals surface area contributed by atoms with Crippen LogP contribution in [0.25, 0.3) is 67.5 Å². The van der Waals surface area contributed by atoms with Crippen molar-refractivity contribution >= 4 is 52.0 Å². The fourth-order valence-electron chi connectivity index (χ4n) is 8.65. The van der Waals surface area contributed by atoms with Crippen LogP contribution in [0.5, 0.6) is 0 Å². The molecular formula is C73H77ClN12O11. The highest BCUT2D eigenvalue weighted by Gasteiger charge is 2.23. The van der Waals surface area contributed by atoms with E-state index in [1.54, 1.807) is 50.6 Å². The maximum absolute atomic E-state index is 12.2. The Morgan fingerprint density at radius 2 is 1.03 bits per heavy atom. The van der Waals surface area contributed by atoms with Gasteiger partial charge in [0.05, 0.1) is 46.1 Å². The number of halogens is 1. The molecule has 3 N–H and O–H groups in total. The third kappa shape index (κ3) is 23.9. The molecule has 6 aromatic heterocycles. The number of ketones is 4. The molecule has 502 valence electrons. The van der Waals surface area contributed by atoms with Crippen LogP contribution in [-0.2, 0) is 14.4 Å². The summed E-state index contributed by atoms with van der Waals surface area (Å²) < 4.78 is 22.1. The van der Waals surface area contributed by atoms with Crippen LogP contribution in [0.15, 0.2) is 217 Å². The molecule has 6 heterocycles. The number of allylic oxidation sites excluding steroid dienone is 1. The molecule has 0 aliphatic carbocycles. The molecule has 5 aromatic carbocycles. The minimum Gasteiger partial charge on any atom is -0.410 e. The molecule has 0 bridgehead atoms. The number of oxime groups is 1. The van der Waals surface area contributed by atoms with Crippen molar-refractivity contribution in [1.82, 2.24) is 50.8 Å². The molecule has 0 saturated carbocycles. The number of isocyanates is 1. The summed E-state index contributed by atoms with van der Waals surface area (Å²) in [5.74, 6) is 2.30. The number of hydrogen-bond acceptors (Lipinski definition) is 20. The minimum atomic E-state index is -0.262. The van der Waals surface area contributed by atoms with Crippen molar-refractivity contribution in [3.8, 4) is 67.5 Å². The normalized spacial score (nSPS) is 10.5. The number of carbonyl (C=O) groups excluding carboxylic acids is 6. The second-order valence-electron chi connectivity index (χ2n) is 21.9. The Kier molecular flexibility index (Phi) is 30.5. The van der Waals surface area contributed by atoms with Gasteiger partial charge in [0, 0.05) is 72.6 Å². The number of hydrogen-bond donors (Lipinski definition) is 3. The van der Waals surface area contributed by atoms with Crippen LogP contribution in [0.2, 0.25) is 0 Å². The quantitative estimate of drug-likeness (QED) is 0.0163. The van der Waals surface area contributed by atoms with Gasteiger partial charge in [-0.15, -0.1) is 0 Å². The van der Waals surface area contributed by atoms with E-state index in [2.05, 4.69) is 51.4 Å². The largest absolute Gasteiger partial charge is 0.410 e. The molecule has 0 atom stereocenters. The predicted octanol–water partition coefficient (Wildman–Crippen LogP) is 15.6. The lowest BCUT2D eigenvalue weighted by Gasteiger charge is -2.07. The first-order chi connectivity index (χ1) is 46.4. The first kappa shape index (κ1) is 75.9. The SMILES string of the molecule is CC(=O)CC(C)=O.CC(=O)c1c(-c2ccccc2)noc1C.CC(C)N=C=O.Cc1onc(-c2ccccc2)c1-c1ccn(C(=O)NC(C)C)n1.Cc1onc(-c2ccccc2)c1-c1ccn[nH]1.Cc1onc(-c2ccccc2)c1C(=O)/C=C/N(C)C.O/N=C(\Cl)c1ccccc1. The number of rotatable bonds is 15. The van der Waals surface area contributed by atoms with Crippen LogP contribution in [0, 0.1) is 27.7 Å². The molecule has 0 aliphatic heterocycles. The lowest BCUT2D eigenvalue weighted by atomic mass is 10.0. The zero-order valence-corrected chi connectivity index (χ0v) is 56.9. The van der Waals surface area contributed by atoms with Gasteiger partial charge in [-0.25, -0.2) is 14.6 Å². The number of aromatic nitrogens is 8. The number of benzene rings is 5. The Hall–Kier alpha value is -11.8. The highest BCUT2D eigenvalue weighted by Crippen LogP contribution is 2.35. The van der Waals surface area contributed by atoms with E-state index in [-0.39, 0.29) is 52.8 Å². The molecular weight excluding hydrogens is 1260 g/mol. The number of aromatic amines is 1. The standard InChI is InChI=1S/C17H18N4O2.C15H16N2O2.C13H11N3O.C12H11NO2.C7H6ClNO.C5H8O2.C4H7NO/c1-11(2)18-17(22)21-10-9-14(19-21)15-12(3)23-20-16(15)13-7-5-4-6-8-13;1-11-14(13(18)9-10-17(2)3)15(16-19-11)12-7-5-4-6-8-12;1-9-12(11-7-8-14-15-11)13(16-17-9)10-5-3-2-4-6-10;1-8(14)11-9(2)15-13-12(11)10-6-4-3-5-7-10;8-7(9-10)6-4-2-1-3-5-6;1-4(6)3-5(2)7;1-4(2)5-3-6/h4-11H,1-3H3,(H,18,22);4-10H,1-3H3;2-8H,1H3,(H,14,15);3-7H,1-2H3;1-5,10H;3H2,1-2H3;4H,1-2H3/b;10-9+;;;9-7-;;. The Balaban J connectivity index is 0.000000213. The van der Waals surface area contributed by atoms with Crippen molar-refractivity contribution in [3.05, 3.63) is 228 Å². The summed E-state index contributed by atoms with van der Waals surface area (Å²) >= 11 is 5.49. The maximum atomic E-state index is 12.2. The van der Waals surface area contributed by atoms with Gasteiger partial charge in [0.25, 0.3) is 0 Å². The summed E-state index contributed by atoms with van der Waals surface area (Å²) in [4.78, 5) is 70.2. The van der Waals surface area contributed by atoms with E-state index in [1.807, 2.05) is 206 Å². The fraction of sp³-hybridized carbons (Fsp3) is 0.219. The van der Waals surface area contributed by atoms with E-state index in [0.29, 0.717) is 51.1 Å².